The molecule has 70 valence electrons. The lowest BCUT2D eigenvalue weighted by atomic mass is 10.2. The highest BCUT2D eigenvalue weighted by Gasteiger charge is 2.02. The first-order valence-electron chi connectivity index (χ1n) is 4.42. The molecule has 0 saturated heterocycles. The lowest BCUT2D eigenvalue weighted by molar-refractivity contribution is 0.575. The molecule has 1 unspecified atom stereocenters. The minimum atomic E-state index is 0.162. The average Bonchev–Trinajstić information content (AvgIpc) is 2.54. The summed E-state index contributed by atoms with van der Waals surface area (Å²) in [5.74, 6) is 2.69. The molecule has 1 aromatic rings. The van der Waals surface area contributed by atoms with Crippen LogP contribution in [0.1, 0.15) is 19.0 Å². The Balaban J connectivity index is 2.44. The molecule has 0 aliphatic carbocycles. The molecular weight excluding hydrogens is 162 g/mol. The van der Waals surface area contributed by atoms with Crippen LogP contribution in [0.3, 0.4) is 0 Å². The van der Waals surface area contributed by atoms with Gasteiger partial charge in [-0.1, -0.05) is 12.8 Å². The first kappa shape index (κ1) is 9.82. The fourth-order valence-corrected chi connectivity index (χ4v) is 1.10. The van der Waals surface area contributed by atoms with Gasteiger partial charge in [-0.3, -0.25) is 5.32 Å². The van der Waals surface area contributed by atoms with E-state index in [1.165, 1.54) is 0 Å². The second kappa shape index (κ2) is 4.68. The fraction of sp³-hybridized carbons (Fsp3) is 0.500. The summed E-state index contributed by atoms with van der Waals surface area (Å²) < 4.78 is 1.98. The third-order valence-electron chi connectivity index (χ3n) is 2.06. The minimum Gasteiger partial charge on any atom is -0.337 e. The van der Waals surface area contributed by atoms with E-state index in [4.69, 9.17) is 6.42 Å². The Bertz CT molecular complexity index is 295. The summed E-state index contributed by atoms with van der Waals surface area (Å²) >= 11 is 0. The molecule has 0 aromatic carbocycles. The molecule has 0 radical (unpaired) electrons. The number of aromatic nitrogens is 2. The molecule has 1 N–H and O–H groups in total. The van der Waals surface area contributed by atoms with Gasteiger partial charge in [0.1, 0.15) is 0 Å². The quantitative estimate of drug-likeness (QED) is 0.693. The standard InChI is InChI=1S/C10H15N3/c1-4-9(5-2)12-7-10-6-11-8-13(10)3/h1,6,8-9,12H,5,7H2,2-3H3. The van der Waals surface area contributed by atoms with Crippen molar-refractivity contribution in [2.75, 3.05) is 0 Å². The van der Waals surface area contributed by atoms with Crippen LogP contribution in [0.25, 0.3) is 0 Å². The lowest BCUT2D eigenvalue weighted by Crippen LogP contribution is -2.26. The predicted octanol–water partition coefficient (Wildman–Crippen LogP) is 0.921. The highest BCUT2D eigenvalue weighted by Crippen LogP contribution is 1.97. The van der Waals surface area contributed by atoms with Crippen LogP contribution in [-0.4, -0.2) is 15.6 Å². The number of nitrogens with one attached hydrogen (secondary N) is 1. The Morgan fingerprint density at radius 2 is 2.54 bits per heavy atom. The van der Waals surface area contributed by atoms with Crippen LogP contribution in [0.2, 0.25) is 0 Å². The predicted molar refractivity (Wildman–Crippen MR) is 53.0 cm³/mol. The number of terminal acetylenes is 1. The van der Waals surface area contributed by atoms with Crippen molar-refractivity contribution < 1.29 is 0 Å². The van der Waals surface area contributed by atoms with Crippen molar-refractivity contribution in [3.05, 3.63) is 18.2 Å². The maximum atomic E-state index is 5.33. The number of rotatable bonds is 4. The molecule has 0 bridgehead atoms. The van der Waals surface area contributed by atoms with Crippen molar-refractivity contribution in [2.24, 2.45) is 7.05 Å². The summed E-state index contributed by atoms with van der Waals surface area (Å²) in [6, 6.07) is 0.162. The zero-order valence-corrected chi connectivity index (χ0v) is 8.12. The van der Waals surface area contributed by atoms with Crippen LogP contribution in [0.4, 0.5) is 0 Å². The molecular formula is C10H15N3. The lowest BCUT2D eigenvalue weighted by Gasteiger charge is -2.10. The molecule has 0 fully saturated rings. The number of nitrogens with zero attached hydrogens (tertiary/aromatic N) is 2. The third kappa shape index (κ3) is 2.60. The van der Waals surface area contributed by atoms with E-state index >= 15 is 0 Å². The Labute approximate surface area is 79.2 Å². The van der Waals surface area contributed by atoms with Gasteiger partial charge in [-0.05, 0) is 6.42 Å². The van der Waals surface area contributed by atoms with E-state index in [2.05, 4.69) is 23.1 Å². The van der Waals surface area contributed by atoms with E-state index in [0.717, 1.165) is 18.7 Å². The van der Waals surface area contributed by atoms with Crippen LogP contribution in [0.15, 0.2) is 12.5 Å². The molecule has 1 rings (SSSR count). The molecule has 13 heavy (non-hydrogen) atoms. The molecule has 0 spiro atoms. The van der Waals surface area contributed by atoms with Gasteiger partial charge in [0, 0.05) is 19.8 Å². The van der Waals surface area contributed by atoms with Crippen LogP contribution < -0.4 is 5.32 Å². The van der Waals surface area contributed by atoms with Crippen LogP contribution >= 0.6 is 0 Å². The maximum absolute atomic E-state index is 5.33. The monoisotopic (exact) mass is 177 g/mol. The zero-order chi connectivity index (χ0) is 9.68. The van der Waals surface area contributed by atoms with E-state index in [1.54, 1.807) is 6.33 Å². The fourth-order valence-electron chi connectivity index (χ4n) is 1.10. The molecule has 1 aromatic heterocycles. The van der Waals surface area contributed by atoms with E-state index in [1.807, 2.05) is 17.8 Å². The largest absolute Gasteiger partial charge is 0.337 e. The summed E-state index contributed by atoms with van der Waals surface area (Å²) in [6.07, 6.45) is 9.91. The summed E-state index contributed by atoms with van der Waals surface area (Å²) in [5, 5.41) is 3.27. The zero-order valence-electron chi connectivity index (χ0n) is 8.12. The van der Waals surface area contributed by atoms with Gasteiger partial charge in [-0.15, -0.1) is 6.42 Å². The highest BCUT2D eigenvalue weighted by molar-refractivity contribution is 5.02. The summed E-state index contributed by atoms with van der Waals surface area (Å²) in [5.41, 5.74) is 1.15. The SMILES string of the molecule is C#CC(CC)NCc1cncn1C. The van der Waals surface area contributed by atoms with Crippen LogP contribution in [0, 0.1) is 12.3 Å². The van der Waals surface area contributed by atoms with Crippen LogP contribution in [-0.2, 0) is 13.6 Å². The Morgan fingerprint density at radius 1 is 1.77 bits per heavy atom. The van der Waals surface area contributed by atoms with Gasteiger partial charge < -0.3 is 4.57 Å². The van der Waals surface area contributed by atoms with Crippen molar-refractivity contribution in [3.63, 3.8) is 0 Å². The van der Waals surface area contributed by atoms with Gasteiger partial charge in [0.25, 0.3) is 0 Å². The number of hydrogen-bond acceptors (Lipinski definition) is 2. The van der Waals surface area contributed by atoms with Gasteiger partial charge in [0.2, 0.25) is 0 Å². The highest BCUT2D eigenvalue weighted by atomic mass is 15.0. The second-order valence-corrected chi connectivity index (χ2v) is 3.00. The molecule has 1 heterocycles. The Morgan fingerprint density at radius 3 is 3.00 bits per heavy atom. The molecule has 0 aliphatic rings. The summed E-state index contributed by atoms with van der Waals surface area (Å²) in [7, 11) is 1.97. The minimum absolute atomic E-state index is 0.162. The average molecular weight is 177 g/mol. The first-order valence-corrected chi connectivity index (χ1v) is 4.42. The Kier molecular flexibility index (Phi) is 3.53. The van der Waals surface area contributed by atoms with E-state index in [9.17, 15) is 0 Å². The summed E-state index contributed by atoms with van der Waals surface area (Å²) in [4.78, 5) is 4.02. The Hall–Kier alpha value is -1.27. The molecule has 0 aliphatic heterocycles. The van der Waals surface area contributed by atoms with Crippen molar-refractivity contribution in [1.82, 2.24) is 14.9 Å². The normalized spacial score (nSPS) is 12.4. The van der Waals surface area contributed by atoms with E-state index < -0.39 is 0 Å². The van der Waals surface area contributed by atoms with Crippen LogP contribution in [0.5, 0.6) is 0 Å². The molecule has 0 amide bonds. The number of imidazole rings is 1. The van der Waals surface area contributed by atoms with Crippen molar-refractivity contribution >= 4 is 0 Å². The van der Waals surface area contributed by atoms with Gasteiger partial charge >= 0.3 is 0 Å². The second-order valence-electron chi connectivity index (χ2n) is 3.00. The van der Waals surface area contributed by atoms with Crippen molar-refractivity contribution in [2.45, 2.75) is 25.9 Å². The molecule has 0 saturated carbocycles. The summed E-state index contributed by atoms with van der Waals surface area (Å²) in [6.45, 7) is 2.85. The van der Waals surface area contributed by atoms with Gasteiger partial charge in [-0.2, -0.15) is 0 Å². The van der Waals surface area contributed by atoms with Crippen molar-refractivity contribution in [3.8, 4) is 12.3 Å². The molecule has 1 atom stereocenters. The van der Waals surface area contributed by atoms with Gasteiger partial charge in [0.05, 0.1) is 18.1 Å². The van der Waals surface area contributed by atoms with Crippen molar-refractivity contribution in [1.29, 1.82) is 0 Å². The molecule has 3 heteroatoms. The third-order valence-corrected chi connectivity index (χ3v) is 2.06. The van der Waals surface area contributed by atoms with Gasteiger partial charge in [0.15, 0.2) is 0 Å². The van der Waals surface area contributed by atoms with Gasteiger partial charge in [-0.25, -0.2) is 4.98 Å². The molecule has 3 nitrogen and oxygen atoms in total. The van der Waals surface area contributed by atoms with E-state index in [-0.39, 0.29) is 6.04 Å². The smallest absolute Gasteiger partial charge is 0.0945 e. The first-order chi connectivity index (χ1) is 6.27. The topological polar surface area (TPSA) is 29.9 Å². The number of aryl methyl sites for hydroxylation is 1. The maximum Gasteiger partial charge on any atom is 0.0945 e. The number of hydrogen-bond donors (Lipinski definition) is 1. The van der Waals surface area contributed by atoms with E-state index in [0.29, 0.717) is 0 Å².